The minimum atomic E-state index is 0.463. The molecule has 0 aliphatic carbocycles. The van der Waals surface area contributed by atoms with Crippen molar-refractivity contribution >= 4 is 22.6 Å². The van der Waals surface area contributed by atoms with E-state index in [1.165, 1.54) is 5.56 Å². The Morgan fingerprint density at radius 2 is 2.00 bits per heavy atom. The summed E-state index contributed by atoms with van der Waals surface area (Å²) in [4.78, 5) is 0. The van der Waals surface area contributed by atoms with Crippen molar-refractivity contribution < 1.29 is 0 Å². The Labute approximate surface area is 110 Å². The third-order valence-corrected chi connectivity index (χ3v) is 3.25. The molecule has 3 aromatic rings. The lowest BCUT2D eigenvalue weighted by molar-refractivity contribution is 0.817. The maximum atomic E-state index is 6.01. The maximum Gasteiger partial charge on any atom is 0.113 e. The van der Waals surface area contributed by atoms with Gasteiger partial charge in [0.05, 0.1) is 11.2 Å². The van der Waals surface area contributed by atoms with Crippen LogP contribution < -0.4 is 0 Å². The van der Waals surface area contributed by atoms with E-state index in [2.05, 4.69) is 29.4 Å². The van der Waals surface area contributed by atoms with Crippen molar-refractivity contribution in [3.8, 4) is 5.69 Å². The standard InChI is InChI=1S/C14H12ClN3/c1-10-6-7-13(11(8-10)9-15)18-14-5-3-2-4-12(14)16-17-18/h2-8H,9H2,1H3. The minimum absolute atomic E-state index is 0.463. The van der Waals surface area contributed by atoms with E-state index in [1.807, 2.05) is 35.0 Å². The Balaban J connectivity index is 2.26. The van der Waals surface area contributed by atoms with E-state index in [0.29, 0.717) is 5.88 Å². The zero-order chi connectivity index (χ0) is 12.5. The van der Waals surface area contributed by atoms with Gasteiger partial charge in [-0.25, -0.2) is 4.68 Å². The molecule has 0 radical (unpaired) electrons. The quantitative estimate of drug-likeness (QED) is 0.658. The third kappa shape index (κ3) is 1.77. The van der Waals surface area contributed by atoms with Crippen LogP contribution in [0.1, 0.15) is 11.1 Å². The van der Waals surface area contributed by atoms with Gasteiger partial charge in [0.25, 0.3) is 0 Å². The van der Waals surface area contributed by atoms with E-state index in [0.717, 1.165) is 22.3 Å². The Bertz CT molecular complexity index is 703. The summed E-state index contributed by atoms with van der Waals surface area (Å²) in [6.45, 7) is 2.05. The van der Waals surface area contributed by atoms with Gasteiger partial charge in [-0.05, 0) is 30.7 Å². The highest BCUT2D eigenvalue weighted by atomic mass is 35.5. The van der Waals surface area contributed by atoms with Gasteiger partial charge in [-0.1, -0.05) is 35.0 Å². The summed E-state index contributed by atoms with van der Waals surface area (Å²) in [7, 11) is 0. The Morgan fingerprint density at radius 1 is 1.17 bits per heavy atom. The molecule has 3 rings (SSSR count). The van der Waals surface area contributed by atoms with Gasteiger partial charge in [0.15, 0.2) is 0 Å². The molecule has 18 heavy (non-hydrogen) atoms. The molecule has 90 valence electrons. The number of aromatic nitrogens is 3. The second-order valence-corrected chi connectivity index (χ2v) is 4.52. The number of hydrogen-bond acceptors (Lipinski definition) is 2. The normalized spacial score (nSPS) is 11.0. The second kappa shape index (κ2) is 4.42. The van der Waals surface area contributed by atoms with E-state index in [9.17, 15) is 0 Å². The molecular weight excluding hydrogens is 246 g/mol. The molecule has 0 amide bonds. The molecule has 0 aliphatic heterocycles. The number of halogens is 1. The highest BCUT2D eigenvalue weighted by Gasteiger charge is 2.09. The van der Waals surface area contributed by atoms with Crippen LogP contribution in [-0.2, 0) is 5.88 Å². The lowest BCUT2D eigenvalue weighted by atomic mass is 10.1. The molecule has 0 unspecified atom stereocenters. The fraction of sp³-hybridized carbons (Fsp3) is 0.143. The zero-order valence-electron chi connectivity index (χ0n) is 9.97. The summed E-state index contributed by atoms with van der Waals surface area (Å²) in [6.07, 6.45) is 0. The lowest BCUT2D eigenvalue weighted by Gasteiger charge is -2.08. The summed E-state index contributed by atoms with van der Waals surface area (Å²) < 4.78 is 1.84. The highest BCUT2D eigenvalue weighted by molar-refractivity contribution is 6.17. The number of para-hydroxylation sites is 1. The zero-order valence-corrected chi connectivity index (χ0v) is 10.7. The van der Waals surface area contributed by atoms with Crippen molar-refractivity contribution in [2.24, 2.45) is 0 Å². The van der Waals surface area contributed by atoms with E-state index in [1.54, 1.807) is 0 Å². The predicted molar refractivity (Wildman–Crippen MR) is 73.2 cm³/mol. The Hall–Kier alpha value is -1.87. The first-order valence-electron chi connectivity index (χ1n) is 5.76. The van der Waals surface area contributed by atoms with Crippen LogP contribution in [0.2, 0.25) is 0 Å². The highest BCUT2D eigenvalue weighted by Crippen LogP contribution is 2.21. The Morgan fingerprint density at radius 3 is 2.83 bits per heavy atom. The summed E-state index contributed by atoms with van der Waals surface area (Å²) in [6, 6.07) is 14.1. The van der Waals surface area contributed by atoms with Gasteiger partial charge in [-0.3, -0.25) is 0 Å². The van der Waals surface area contributed by atoms with Crippen LogP contribution in [0.3, 0.4) is 0 Å². The Kier molecular flexibility index (Phi) is 2.76. The number of nitrogens with zero attached hydrogens (tertiary/aromatic N) is 3. The predicted octanol–water partition coefficient (Wildman–Crippen LogP) is 3.47. The summed E-state index contributed by atoms with van der Waals surface area (Å²) >= 11 is 6.01. The smallest absolute Gasteiger partial charge is 0.113 e. The van der Waals surface area contributed by atoms with Crippen LogP contribution in [0.15, 0.2) is 42.5 Å². The number of fused-ring (bicyclic) bond motifs is 1. The summed E-state index contributed by atoms with van der Waals surface area (Å²) in [5.41, 5.74) is 5.13. The molecule has 1 heterocycles. The van der Waals surface area contributed by atoms with Gasteiger partial charge in [0, 0.05) is 5.88 Å². The van der Waals surface area contributed by atoms with Crippen LogP contribution in [0, 0.1) is 6.92 Å². The molecule has 0 saturated heterocycles. The molecule has 0 spiro atoms. The molecule has 0 fully saturated rings. The average molecular weight is 258 g/mol. The molecule has 4 heteroatoms. The van der Waals surface area contributed by atoms with E-state index < -0.39 is 0 Å². The van der Waals surface area contributed by atoms with Gasteiger partial charge >= 0.3 is 0 Å². The number of benzene rings is 2. The molecule has 1 aromatic heterocycles. The van der Waals surface area contributed by atoms with Crippen molar-refractivity contribution in [1.82, 2.24) is 15.0 Å². The largest absolute Gasteiger partial charge is 0.213 e. The number of rotatable bonds is 2. The fourth-order valence-electron chi connectivity index (χ4n) is 2.07. The lowest BCUT2D eigenvalue weighted by Crippen LogP contribution is -2.01. The molecule has 3 nitrogen and oxygen atoms in total. The van der Waals surface area contributed by atoms with Gasteiger partial charge in [-0.15, -0.1) is 16.7 Å². The van der Waals surface area contributed by atoms with Crippen LogP contribution in [0.25, 0.3) is 16.7 Å². The van der Waals surface area contributed by atoms with Crippen molar-refractivity contribution in [2.45, 2.75) is 12.8 Å². The first kappa shape index (κ1) is 11.2. The van der Waals surface area contributed by atoms with Gasteiger partial charge in [0.2, 0.25) is 0 Å². The SMILES string of the molecule is Cc1ccc(-n2nnc3ccccc32)c(CCl)c1. The minimum Gasteiger partial charge on any atom is -0.213 e. The van der Waals surface area contributed by atoms with Gasteiger partial charge in [0.1, 0.15) is 5.52 Å². The first-order chi connectivity index (χ1) is 8.79. The molecule has 0 aliphatic rings. The molecule has 0 atom stereocenters. The van der Waals surface area contributed by atoms with Crippen molar-refractivity contribution in [3.63, 3.8) is 0 Å². The molecule has 2 aromatic carbocycles. The summed E-state index contributed by atoms with van der Waals surface area (Å²) in [5.74, 6) is 0.463. The number of aryl methyl sites for hydroxylation is 1. The van der Waals surface area contributed by atoms with E-state index in [4.69, 9.17) is 11.6 Å². The molecule has 0 bridgehead atoms. The van der Waals surface area contributed by atoms with Gasteiger partial charge < -0.3 is 0 Å². The van der Waals surface area contributed by atoms with Gasteiger partial charge in [-0.2, -0.15) is 0 Å². The fourth-order valence-corrected chi connectivity index (χ4v) is 2.29. The average Bonchev–Trinajstić information content (AvgIpc) is 2.82. The number of alkyl halides is 1. The molecule has 0 saturated carbocycles. The third-order valence-electron chi connectivity index (χ3n) is 2.96. The van der Waals surface area contributed by atoms with E-state index in [-0.39, 0.29) is 0 Å². The topological polar surface area (TPSA) is 30.7 Å². The van der Waals surface area contributed by atoms with Crippen LogP contribution in [0.4, 0.5) is 0 Å². The summed E-state index contributed by atoms with van der Waals surface area (Å²) in [5, 5.41) is 8.37. The van der Waals surface area contributed by atoms with Crippen LogP contribution >= 0.6 is 11.6 Å². The van der Waals surface area contributed by atoms with Crippen molar-refractivity contribution in [3.05, 3.63) is 53.6 Å². The maximum absolute atomic E-state index is 6.01. The second-order valence-electron chi connectivity index (χ2n) is 4.26. The van der Waals surface area contributed by atoms with Crippen molar-refractivity contribution in [1.29, 1.82) is 0 Å². The van der Waals surface area contributed by atoms with Crippen LogP contribution in [-0.4, -0.2) is 15.0 Å². The van der Waals surface area contributed by atoms with Crippen LogP contribution in [0.5, 0.6) is 0 Å². The monoisotopic (exact) mass is 257 g/mol. The molecule has 0 N–H and O–H groups in total. The number of hydrogen-bond donors (Lipinski definition) is 0. The molecular formula is C14H12ClN3. The first-order valence-corrected chi connectivity index (χ1v) is 6.29. The van der Waals surface area contributed by atoms with Crippen molar-refractivity contribution in [2.75, 3.05) is 0 Å². The van der Waals surface area contributed by atoms with E-state index >= 15 is 0 Å².